The van der Waals surface area contributed by atoms with E-state index in [4.69, 9.17) is 4.74 Å². The van der Waals surface area contributed by atoms with Gasteiger partial charge in [-0.05, 0) is 56.7 Å². The Morgan fingerprint density at radius 1 is 1.35 bits per heavy atom. The minimum Gasteiger partial charge on any atom is -0.496 e. The van der Waals surface area contributed by atoms with Gasteiger partial charge in [0.05, 0.1) is 7.11 Å². The summed E-state index contributed by atoms with van der Waals surface area (Å²) in [5.41, 5.74) is 3.97. The minimum atomic E-state index is 0.583. The van der Waals surface area contributed by atoms with Crippen LogP contribution in [0.2, 0.25) is 0 Å². The van der Waals surface area contributed by atoms with Crippen molar-refractivity contribution >= 4 is 0 Å². The Labute approximate surface area is 106 Å². The third-order valence-electron chi connectivity index (χ3n) is 3.15. The molecule has 0 aliphatic heterocycles. The summed E-state index contributed by atoms with van der Waals surface area (Å²) in [6.07, 6.45) is 4.65. The van der Waals surface area contributed by atoms with Crippen LogP contribution in [0.1, 0.15) is 50.7 Å². The summed E-state index contributed by atoms with van der Waals surface area (Å²) in [6, 6.07) is 6.53. The van der Waals surface area contributed by atoms with Gasteiger partial charge in [0.15, 0.2) is 0 Å². The van der Waals surface area contributed by atoms with E-state index >= 15 is 0 Å². The summed E-state index contributed by atoms with van der Waals surface area (Å²) in [6.45, 7) is 8.67. The lowest BCUT2D eigenvalue weighted by molar-refractivity contribution is 0.410. The Kier molecular flexibility index (Phi) is 5.27. The molecule has 0 bridgehead atoms. The highest BCUT2D eigenvalue weighted by Crippen LogP contribution is 2.27. The van der Waals surface area contributed by atoms with Gasteiger partial charge in [-0.15, -0.1) is 0 Å². The van der Waals surface area contributed by atoms with Gasteiger partial charge in [-0.3, -0.25) is 0 Å². The van der Waals surface area contributed by atoms with Crippen molar-refractivity contribution in [1.29, 1.82) is 0 Å². The molecule has 1 aromatic rings. The van der Waals surface area contributed by atoms with E-state index in [9.17, 15) is 0 Å². The lowest BCUT2D eigenvalue weighted by Gasteiger charge is -2.13. The van der Waals surface area contributed by atoms with Crippen molar-refractivity contribution < 1.29 is 4.74 Å². The van der Waals surface area contributed by atoms with Gasteiger partial charge in [-0.25, -0.2) is 0 Å². The van der Waals surface area contributed by atoms with Gasteiger partial charge in [0.25, 0.3) is 0 Å². The lowest BCUT2D eigenvalue weighted by Crippen LogP contribution is -1.95. The van der Waals surface area contributed by atoms with Crippen LogP contribution in [0, 0.1) is 6.92 Å². The molecule has 0 aromatic heterocycles. The molecule has 0 spiro atoms. The minimum absolute atomic E-state index is 0.583. The molecular weight excluding hydrogens is 208 g/mol. The highest BCUT2D eigenvalue weighted by Gasteiger charge is 2.07. The summed E-state index contributed by atoms with van der Waals surface area (Å²) in [4.78, 5) is 0. The summed E-state index contributed by atoms with van der Waals surface area (Å²) >= 11 is 0. The van der Waals surface area contributed by atoms with E-state index in [1.165, 1.54) is 23.1 Å². The standard InChI is InChI=1S/C16H24O/c1-12(2)7-6-8-13(3)15-10-9-14(4)16(11-15)17-5/h7,9-11,13H,6,8H2,1-5H3/t13-/m0/s1. The number of methoxy groups -OCH3 is 1. The molecule has 0 amide bonds. The molecule has 0 aliphatic carbocycles. The topological polar surface area (TPSA) is 9.23 Å². The van der Waals surface area contributed by atoms with Crippen molar-refractivity contribution in [2.45, 2.75) is 46.5 Å². The molecule has 1 atom stereocenters. The van der Waals surface area contributed by atoms with Crippen LogP contribution in [-0.2, 0) is 0 Å². The Bertz CT molecular complexity index is 387. The second-order valence-corrected chi connectivity index (χ2v) is 4.99. The van der Waals surface area contributed by atoms with E-state index in [1.807, 2.05) is 0 Å². The van der Waals surface area contributed by atoms with E-state index in [0.717, 1.165) is 12.2 Å². The third-order valence-corrected chi connectivity index (χ3v) is 3.15. The van der Waals surface area contributed by atoms with Gasteiger partial charge >= 0.3 is 0 Å². The van der Waals surface area contributed by atoms with E-state index in [2.05, 4.69) is 52.0 Å². The van der Waals surface area contributed by atoms with Gasteiger partial charge in [0.2, 0.25) is 0 Å². The molecule has 1 rings (SSSR count). The maximum atomic E-state index is 5.37. The van der Waals surface area contributed by atoms with Crippen LogP contribution in [0.25, 0.3) is 0 Å². The first-order valence-electron chi connectivity index (χ1n) is 6.32. The summed E-state index contributed by atoms with van der Waals surface area (Å²) in [5.74, 6) is 1.58. The number of benzene rings is 1. The molecule has 17 heavy (non-hydrogen) atoms. The largest absolute Gasteiger partial charge is 0.496 e. The number of hydrogen-bond donors (Lipinski definition) is 0. The van der Waals surface area contributed by atoms with E-state index in [1.54, 1.807) is 7.11 Å². The number of allylic oxidation sites excluding steroid dienone is 2. The fourth-order valence-electron chi connectivity index (χ4n) is 1.93. The van der Waals surface area contributed by atoms with Gasteiger partial charge in [0, 0.05) is 0 Å². The summed E-state index contributed by atoms with van der Waals surface area (Å²) in [7, 11) is 1.74. The maximum absolute atomic E-state index is 5.37. The molecule has 0 fully saturated rings. The van der Waals surface area contributed by atoms with Crippen LogP contribution in [0.4, 0.5) is 0 Å². The second-order valence-electron chi connectivity index (χ2n) is 4.99. The summed E-state index contributed by atoms with van der Waals surface area (Å²) in [5, 5.41) is 0. The Morgan fingerprint density at radius 2 is 2.06 bits per heavy atom. The average Bonchev–Trinajstić information content (AvgIpc) is 2.29. The van der Waals surface area contributed by atoms with Crippen LogP contribution in [0.15, 0.2) is 29.8 Å². The van der Waals surface area contributed by atoms with Crippen molar-refractivity contribution in [1.82, 2.24) is 0 Å². The fraction of sp³-hybridized carbons (Fsp3) is 0.500. The number of aryl methyl sites for hydroxylation is 1. The first-order chi connectivity index (χ1) is 8.04. The molecule has 0 N–H and O–H groups in total. The fourth-order valence-corrected chi connectivity index (χ4v) is 1.93. The molecule has 0 unspecified atom stereocenters. The van der Waals surface area contributed by atoms with Crippen molar-refractivity contribution in [3.63, 3.8) is 0 Å². The normalized spacial score (nSPS) is 12.1. The number of hydrogen-bond acceptors (Lipinski definition) is 1. The predicted molar refractivity (Wildman–Crippen MR) is 74.8 cm³/mol. The zero-order valence-electron chi connectivity index (χ0n) is 11.7. The van der Waals surface area contributed by atoms with Gasteiger partial charge in [-0.1, -0.05) is 30.7 Å². The molecule has 94 valence electrons. The van der Waals surface area contributed by atoms with Crippen LogP contribution < -0.4 is 4.74 Å². The molecule has 1 aromatic carbocycles. The van der Waals surface area contributed by atoms with Crippen LogP contribution >= 0.6 is 0 Å². The smallest absolute Gasteiger partial charge is 0.122 e. The highest BCUT2D eigenvalue weighted by atomic mass is 16.5. The quantitative estimate of drug-likeness (QED) is 0.659. The lowest BCUT2D eigenvalue weighted by atomic mass is 9.94. The summed E-state index contributed by atoms with van der Waals surface area (Å²) < 4.78 is 5.37. The van der Waals surface area contributed by atoms with Crippen LogP contribution in [0.5, 0.6) is 5.75 Å². The molecular formula is C16H24O. The number of ether oxygens (including phenoxy) is 1. The molecule has 0 heterocycles. The van der Waals surface area contributed by atoms with E-state index in [0.29, 0.717) is 5.92 Å². The SMILES string of the molecule is COc1cc([C@@H](C)CCC=C(C)C)ccc1C. The third kappa shape index (κ3) is 4.26. The van der Waals surface area contributed by atoms with E-state index < -0.39 is 0 Å². The Hall–Kier alpha value is -1.24. The molecule has 0 aliphatic rings. The highest BCUT2D eigenvalue weighted by molar-refractivity contribution is 5.37. The first kappa shape index (κ1) is 13.8. The van der Waals surface area contributed by atoms with Crippen LogP contribution in [0.3, 0.4) is 0 Å². The van der Waals surface area contributed by atoms with Crippen molar-refractivity contribution in [3.05, 3.63) is 41.0 Å². The van der Waals surface area contributed by atoms with Crippen molar-refractivity contribution in [2.75, 3.05) is 7.11 Å². The van der Waals surface area contributed by atoms with Gasteiger partial charge < -0.3 is 4.74 Å². The van der Waals surface area contributed by atoms with Gasteiger partial charge in [0.1, 0.15) is 5.75 Å². The second kappa shape index (κ2) is 6.48. The van der Waals surface area contributed by atoms with E-state index in [-0.39, 0.29) is 0 Å². The molecule has 0 saturated heterocycles. The molecule has 0 saturated carbocycles. The average molecular weight is 232 g/mol. The van der Waals surface area contributed by atoms with Gasteiger partial charge in [-0.2, -0.15) is 0 Å². The first-order valence-corrected chi connectivity index (χ1v) is 6.32. The molecule has 1 nitrogen and oxygen atoms in total. The Morgan fingerprint density at radius 3 is 2.65 bits per heavy atom. The maximum Gasteiger partial charge on any atom is 0.122 e. The molecule has 1 heteroatoms. The zero-order valence-corrected chi connectivity index (χ0v) is 11.7. The number of rotatable bonds is 5. The van der Waals surface area contributed by atoms with Crippen molar-refractivity contribution in [3.8, 4) is 5.75 Å². The zero-order chi connectivity index (χ0) is 12.8. The monoisotopic (exact) mass is 232 g/mol. The molecule has 0 radical (unpaired) electrons. The van der Waals surface area contributed by atoms with Crippen molar-refractivity contribution in [2.24, 2.45) is 0 Å². The predicted octanol–water partition coefficient (Wildman–Crippen LogP) is 4.85. The Balaban J connectivity index is 2.68. The van der Waals surface area contributed by atoms with Crippen LogP contribution in [-0.4, -0.2) is 7.11 Å².